The zero-order valence-corrected chi connectivity index (χ0v) is 15.1. The second-order valence-electron chi connectivity index (χ2n) is 7.36. The van der Waals surface area contributed by atoms with Crippen molar-refractivity contribution in [3.63, 3.8) is 0 Å². The molecular formula is C20H27N3O3. The Bertz CT molecular complexity index is 765. The van der Waals surface area contributed by atoms with Gasteiger partial charge in [0.05, 0.1) is 11.7 Å². The van der Waals surface area contributed by atoms with Gasteiger partial charge in [-0.15, -0.1) is 0 Å². The number of amides is 2. The minimum absolute atomic E-state index is 0.0263. The maximum absolute atomic E-state index is 12.4. The van der Waals surface area contributed by atoms with E-state index in [0.717, 1.165) is 19.4 Å². The number of nitrogens with one attached hydrogen (secondary N) is 1. The van der Waals surface area contributed by atoms with Gasteiger partial charge in [0.2, 0.25) is 0 Å². The molecule has 2 N–H and O–H groups in total. The molecule has 0 aliphatic carbocycles. The number of carbonyl (C=O) groups is 1. The highest BCUT2D eigenvalue weighted by Crippen LogP contribution is 2.35. The Morgan fingerprint density at radius 3 is 2.88 bits per heavy atom. The second-order valence-corrected chi connectivity index (χ2v) is 7.36. The molecule has 1 aromatic carbocycles. The van der Waals surface area contributed by atoms with E-state index in [1.807, 2.05) is 17.0 Å². The Kier molecular flexibility index (Phi) is 4.87. The number of benzene rings is 1. The summed E-state index contributed by atoms with van der Waals surface area (Å²) in [5.74, 6) is 0. The molecule has 2 fully saturated rings. The van der Waals surface area contributed by atoms with Crippen molar-refractivity contribution in [1.29, 1.82) is 0 Å². The number of fused-ring (bicyclic) bond motifs is 1. The summed E-state index contributed by atoms with van der Waals surface area (Å²) >= 11 is 0. The lowest BCUT2D eigenvalue weighted by molar-refractivity contribution is -0.173. The Labute approximate surface area is 153 Å². The number of hydrogen-bond donors (Lipinski definition) is 2. The Morgan fingerprint density at radius 1 is 1.27 bits per heavy atom. The van der Waals surface area contributed by atoms with Gasteiger partial charge in [0.25, 0.3) is 0 Å². The van der Waals surface area contributed by atoms with Crippen molar-refractivity contribution in [3.05, 3.63) is 36.5 Å². The van der Waals surface area contributed by atoms with Gasteiger partial charge in [0, 0.05) is 44.5 Å². The van der Waals surface area contributed by atoms with Crippen LogP contribution in [0, 0.1) is 0 Å². The van der Waals surface area contributed by atoms with Gasteiger partial charge in [0.1, 0.15) is 0 Å². The van der Waals surface area contributed by atoms with Crippen LogP contribution in [-0.4, -0.2) is 58.6 Å². The second kappa shape index (κ2) is 7.29. The smallest absolute Gasteiger partial charge is 0.317 e. The third kappa shape index (κ3) is 3.31. The first-order valence-corrected chi connectivity index (χ1v) is 9.57. The quantitative estimate of drug-likeness (QED) is 0.886. The van der Waals surface area contributed by atoms with Gasteiger partial charge in [-0.2, -0.15) is 0 Å². The first-order valence-electron chi connectivity index (χ1n) is 9.57. The summed E-state index contributed by atoms with van der Waals surface area (Å²) < 4.78 is 8.07. The molecule has 1 spiro atoms. The average molecular weight is 357 g/mol. The number of urea groups is 1. The topological polar surface area (TPSA) is 66.7 Å². The van der Waals surface area contributed by atoms with Gasteiger partial charge >= 0.3 is 6.03 Å². The van der Waals surface area contributed by atoms with Gasteiger partial charge in [-0.25, -0.2) is 4.79 Å². The number of para-hydroxylation sites is 1. The number of piperidine rings is 1. The van der Waals surface area contributed by atoms with Crippen LogP contribution in [0.5, 0.6) is 0 Å². The zero-order chi connectivity index (χ0) is 18.0. The SMILES string of the molecule is O=C(NCCn1ccc2ccccc21)N1CCC2(CC1)OCCC[C@H]2O. The number of ether oxygens (including phenoxy) is 1. The predicted octanol–water partition coefficient (Wildman–Crippen LogP) is 2.36. The molecule has 3 heterocycles. The Balaban J connectivity index is 1.27. The highest BCUT2D eigenvalue weighted by molar-refractivity contribution is 5.80. The summed E-state index contributed by atoms with van der Waals surface area (Å²) in [5.41, 5.74) is 0.754. The monoisotopic (exact) mass is 357 g/mol. The first-order chi connectivity index (χ1) is 12.7. The Morgan fingerprint density at radius 2 is 2.08 bits per heavy atom. The van der Waals surface area contributed by atoms with Crippen molar-refractivity contribution in [2.45, 2.75) is 43.9 Å². The molecule has 2 aliphatic rings. The van der Waals surface area contributed by atoms with Crippen molar-refractivity contribution in [3.8, 4) is 0 Å². The maximum Gasteiger partial charge on any atom is 0.317 e. The summed E-state index contributed by atoms with van der Waals surface area (Å²) in [7, 11) is 0. The van der Waals surface area contributed by atoms with Crippen LogP contribution in [0.15, 0.2) is 36.5 Å². The summed E-state index contributed by atoms with van der Waals surface area (Å²) in [6.07, 6.45) is 4.80. The molecule has 0 radical (unpaired) electrons. The molecule has 2 aromatic rings. The van der Waals surface area contributed by atoms with Crippen LogP contribution in [-0.2, 0) is 11.3 Å². The molecule has 2 saturated heterocycles. The standard InChI is InChI=1S/C20H27N3O3/c24-18-6-3-15-26-20(18)8-12-23(13-9-20)19(25)21-10-14-22-11-7-16-4-1-2-5-17(16)22/h1-2,4-5,7,11,18,24H,3,6,8-10,12-15H2,(H,21,25)/t18-/m1/s1. The predicted molar refractivity (Wildman–Crippen MR) is 100 cm³/mol. The van der Waals surface area contributed by atoms with E-state index in [2.05, 4.69) is 34.3 Å². The fraction of sp³-hybridized carbons (Fsp3) is 0.550. The summed E-state index contributed by atoms with van der Waals surface area (Å²) in [6.45, 7) is 3.33. The highest BCUT2D eigenvalue weighted by atomic mass is 16.5. The van der Waals surface area contributed by atoms with Gasteiger partial charge in [0.15, 0.2) is 0 Å². The van der Waals surface area contributed by atoms with Crippen LogP contribution in [0.3, 0.4) is 0 Å². The number of aliphatic hydroxyl groups is 1. The minimum Gasteiger partial charge on any atom is -0.390 e. The van der Waals surface area contributed by atoms with Crippen LogP contribution in [0.1, 0.15) is 25.7 Å². The largest absolute Gasteiger partial charge is 0.390 e. The van der Waals surface area contributed by atoms with Gasteiger partial charge < -0.3 is 24.6 Å². The molecule has 6 heteroatoms. The van der Waals surface area contributed by atoms with Crippen molar-refractivity contribution in [1.82, 2.24) is 14.8 Å². The van der Waals surface area contributed by atoms with Crippen LogP contribution < -0.4 is 5.32 Å². The third-order valence-electron chi connectivity index (χ3n) is 5.82. The number of aromatic nitrogens is 1. The van der Waals surface area contributed by atoms with Gasteiger partial charge in [-0.3, -0.25) is 0 Å². The summed E-state index contributed by atoms with van der Waals surface area (Å²) in [5, 5.41) is 14.5. The van der Waals surface area contributed by atoms with Crippen molar-refractivity contribution in [2.75, 3.05) is 26.2 Å². The number of nitrogens with zero attached hydrogens (tertiary/aromatic N) is 2. The fourth-order valence-electron chi connectivity index (χ4n) is 4.21. The lowest BCUT2D eigenvalue weighted by Gasteiger charge is -2.46. The highest BCUT2D eigenvalue weighted by Gasteiger charge is 2.44. The lowest BCUT2D eigenvalue weighted by Crippen LogP contribution is -2.57. The number of likely N-dealkylation sites (tertiary alicyclic amines) is 1. The fourth-order valence-corrected chi connectivity index (χ4v) is 4.21. The molecule has 2 amide bonds. The minimum atomic E-state index is -0.431. The molecule has 0 unspecified atom stereocenters. The number of carbonyl (C=O) groups excluding carboxylic acids is 1. The molecule has 4 rings (SSSR count). The maximum atomic E-state index is 12.4. The number of hydrogen-bond acceptors (Lipinski definition) is 3. The van der Waals surface area contributed by atoms with E-state index >= 15 is 0 Å². The number of aliphatic hydroxyl groups excluding tert-OH is 1. The molecule has 1 aromatic heterocycles. The molecule has 140 valence electrons. The van der Waals surface area contributed by atoms with E-state index in [4.69, 9.17) is 4.74 Å². The molecule has 0 bridgehead atoms. The van der Waals surface area contributed by atoms with E-state index in [9.17, 15) is 9.90 Å². The van der Waals surface area contributed by atoms with E-state index < -0.39 is 11.7 Å². The average Bonchev–Trinajstić information content (AvgIpc) is 3.08. The van der Waals surface area contributed by atoms with Crippen molar-refractivity contribution in [2.24, 2.45) is 0 Å². The Hall–Kier alpha value is -2.05. The molecule has 0 saturated carbocycles. The molecule has 6 nitrogen and oxygen atoms in total. The normalized spacial score (nSPS) is 22.7. The van der Waals surface area contributed by atoms with Crippen molar-refractivity contribution >= 4 is 16.9 Å². The lowest BCUT2D eigenvalue weighted by atomic mass is 9.82. The summed E-state index contributed by atoms with van der Waals surface area (Å²) in [6, 6.07) is 10.3. The summed E-state index contributed by atoms with van der Waals surface area (Å²) in [4.78, 5) is 14.3. The first kappa shape index (κ1) is 17.4. The van der Waals surface area contributed by atoms with Crippen LogP contribution in [0.2, 0.25) is 0 Å². The van der Waals surface area contributed by atoms with Crippen molar-refractivity contribution < 1.29 is 14.6 Å². The van der Waals surface area contributed by atoms with E-state index in [1.54, 1.807) is 0 Å². The molecule has 26 heavy (non-hydrogen) atoms. The third-order valence-corrected chi connectivity index (χ3v) is 5.82. The van der Waals surface area contributed by atoms with Crippen LogP contribution in [0.4, 0.5) is 4.79 Å². The van der Waals surface area contributed by atoms with E-state index in [1.165, 1.54) is 10.9 Å². The molecular weight excluding hydrogens is 330 g/mol. The number of rotatable bonds is 3. The zero-order valence-electron chi connectivity index (χ0n) is 15.1. The van der Waals surface area contributed by atoms with Crippen LogP contribution >= 0.6 is 0 Å². The molecule has 2 aliphatic heterocycles. The van der Waals surface area contributed by atoms with Gasteiger partial charge in [-0.05, 0) is 43.2 Å². The molecule has 1 atom stereocenters. The van der Waals surface area contributed by atoms with Gasteiger partial charge in [-0.1, -0.05) is 18.2 Å². The van der Waals surface area contributed by atoms with E-state index in [-0.39, 0.29) is 6.03 Å². The van der Waals surface area contributed by atoms with Crippen LogP contribution in [0.25, 0.3) is 10.9 Å². The van der Waals surface area contributed by atoms with E-state index in [0.29, 0.717) is 39.1 Å².